The predicted molar refractivity (Wildman–Crippen MR) is 80.5 cm³/mol. The molecule has 0 aromatic carbocycles. The lowest BCUT2D eigenvalue weighted by molar-refractivity contribution is 0.505. The fourth-order valence-corrected chi connectivity index (χ4v) is 1.63. The molecule has 0 rings (SSSR count). The van der Waals surface area contributed by atoms with Crippen molar-refractivity contribution in [2.75, 3.05) is 27.7 Å². The normalized spacial score (nSPS) is 10.2. The molecule has 0 fully saturated rings. The third kappa shape index (κ3) is 31.3. The summed E-state index contributed by atoms with van der Waals surface area (Å²) in [5, 5.41) is 0. The molecule has 0 saturated carbocycles. The summed E-state index contributed by atoms with van der Waals surface area (Å²) in [6, 6.07) is 0. The van der Waals surface area contributed by atoms with Gasteiger partial charge in [-0.3, -0.25) is 0 Å². The third-order valence-electron chi connectivity index (χ3n) is 2.56. The summed E-state index contributed by atoms with van der Waals surface area (Å²) in [7, 11) is 6.00. The van der Waals surface area contributed by atoms with E-state index in [1.165, 1.54) is 64.2 Å². The van der Waals surface area contributed by atoms with E-state index in [1.54, 1.807) is 0 Å². The van der Waals surface area contributed by atoms with Gasteiger partial charge in [0.15, 0.2) is 0 Å². The van der Waals surface area contributed by atoms with E-state index in [-0.39, 0.29) is 0 Å². The van der Waals surface area contributed by atoms with Gasteiger partial charge in [0.2, 0.25) is 0 Å². The van der Waals surface area contributed by atoms with E-state index in [4.69, 9.17) is 5.73 Å². The molecule has 106 valence electrons. The smallest absolute Gasteiger partial charge is 0.00773 e. The molecule has 0 saturated heterocycles. The predicted octanol–water partition coefficient (Wildman–Crippen LogP) is 4.04. The molecule has 17 heavy (non-hydrogen) atoms. The maximum atomic E-state index is 5.42. The van der Waals surface area contributed by atoms with Gasteiger partial charge in [-0.1, -0.05) is 64.7 Å². The van der Waals surface area contributed by atoms with Gasteiger partial charge in [-0.05, 0) is 34.1 Å². The van der Waals surface area contributed by atoms with Gasteiger partial charge < -0.3 is 10.6 Å². The van der Waals surface area contributed by atoms with E-state index in [1.807, 2.05) is 26.0 Å². The van der Waals surface area contributed by atoms with Crippen LogP contribution in [0.2, 0.25) is 0 Å². The average molecular weight is 244 g/mol. The fourth-order valence-electron chi connectivity index (χ4n) is 1.63. The van der Waals surface area contributed by atoms with E-state index < -0.39 is 0 Å². The topological polar surface area (TPSA) is 29.3 Å². The van der Waals surface area contributed by atoms with Gasteiger partial charge in [0.05, 0.1) is 0 Å². The van der Waals surface area contributed by atoms with Crippen LogP contribution >= 0.6 is 0 Å². The number of hydrogen-bond acceptors (Lipinski definition) is 2. The van der Waals surface area contributed by atoms with Crippen LogP contribution in [-0.2, 0) is 0 Å². The Morgan fingerprint density at radius 3 is 1.24 bits per heavy atom. The van der Waals surface area contributed by atoms with Crippen molar-refractivity contribution >= 4 is 0 Å². The number of nitrogens with two attached hydrogens (primary N) is 1. The Labute approximate surface area is 110 Å². The van der Waals surface area contributed by atoms with Crippen molar-refractivity contribution in [3.63, 3.8) is 0 Å². The Morgan fingerprint density at radius 1 is 0.647 bits per heavy atom. The molecular formula is C15H36N2. The average Bonchev–Trinajstić information content (AvgIpc) is 2.26. The van der Waals surface area contributed by atoms with Crippen LogP contribution in [0.4, 0.5) is 0 Å². The first kappa shape index (κ1) is 19.3. The maximum absolute atomic E-state index is 5.42. The molecule has 0 aliphatic heterocycles. The number of hydrogen-bond donors (Lipinski definition) is 1. The van der Waals surface area contributed by atoms with Gasteiger partial charge in [-0.25, -0.2) is 0 Å². The fraction of sp³-hybridized carbons (Fsp3) is 1.00. The maximum Gasteiger partial charge on any atom is -0.00773 e. The van der Waals surface area contributed by atoms with E-state index in [0.717, 1.165) is 6.54 Å². The standard InChI is InChI=1S/C12H27N.C3H9N/c1-2-3-4-5-6-7-8-9-10-11-12-13;1-4(2)3/h2-13H2,1H3;1-3H3. The minimum Gasteiger partial charge on any atom is -0.330 e. The minimum absolute atomic E-state index is 0.872. The lowest BCUT2D eigenvalue weighted by atomic mass is 10.1. The second-order valence-corrected chi connectivity index (χ2v) is 5.31. The van der Waals surface area contributed by atoms with Crippen molar-refractivity contribution < 1.29 is 0 Å². The summed E-state index contributed by atoms with van der Waals surface area (Å²) in [6.45, 7) is 3.14. The molecule has 0 amide bonds. The molecule has 0 aromatic rings. The van der Waals surface area contributed by atoms with Crippen LogP contribution in [0.15, 0.2) is 0 Å². The second-order valence-electron chi connectivity index (χ2n) is 5.31. The van der Waals surface area contributed by atoms with Crippen molar-refractivity contribution in [3.05, 3.63) is 0 Å². The molecule has 0 bridgehead atoms. The van der Waals surface area contributed by atoms with Gasteiger partial charge >= 0.3 is 0 Å². The van der Waals surface area contributed by atoms with Crippen LogP contribution in [0, 0.1) is 0 Å². The van der Waals surface area contributed by atoms with Crippen LogP contribution < -0.4 is 5.73 Å². The SMILES string of the molecule is CCCCCCCCCCCCN.CN(C)C. The van der Waals surface area contributed by atoms with Gasteiger partial charge in [0, 0.05) is 0 Å². The first-order valence-corrected chi connectivity index (χ1v) is 7.46. The molecule has 0 aliphatic rings. The molecule has 2 N–H and O–H groups in total. The van der Waals surface area contributed by atoms with E-state index >= 15 is 0 Å². The van der Waals surface area contributed by atoms with Crippen molar-refractivity contribution in [1.29, 1.82) is 0 Å². The third-order valence-corrected chi connectivity index (χ3v) is 2.56. The molecular weight excluding hydrogens is 208 g/mol. The Bertz CT molecular complexity index is 101. The van der Waals surface area contributed by atoms with E-state index in [9.17, 15) is 0 Å². The quantitative estimate of drug-likeness (QED) is 0.588. The summed E-state index contributed by atoms with van der Waals surface area (Å²) < 4.78 is 0. The summed E-state index contributed by atoms with van der Waals surface area (Å²) in [5.74, 6) is 0. The summed E-state index contributed by atoms with van der Waals surface area (Å²) in [4.78, 5) is 2.00. The molecule has 0 aromatic heterocycles. The van der Waals surface area contributed by atoms with Crippen LogP contribution in [0.25, 0.3) is 0 Å². The van der Waals surface area contributed by atoms with Crippen LogP contribution in [0.5, 0.6) is 0 Å². The second kappa shape index (κ2) is 18.3. The van der Waals surface area contributed by atoms with Gasteiger partial charge in [0.1, 0.15) is 0 Å². The largest absolute Gasteiger partial charge is 0.330 e. The number of nitrogens with zero attached hydrogens (tertiary/aromatic N) is 1. The van der Waals surface area contributed by atoms with Crippen LogP contribution in [0.3, 0.4) is 0 Å². The van der Waals surface area contributed by atoms with Crippen LogP contribution in [-0.4, -0.2) is 32.6 Å². The Morgan fingerprint density at radius 2 is 0.941 bits per heavy atom. The zero-order valence-corrected chi connectivity index (χ0v) is 12.8. The molecule has 0 radical (unpaired) electrons. The van der Waals surface area contributed by atoms with Crippen molar-refractivity contribution in [2.24, 2.45) is 5.73 Å². The van der Waals surface area contributed by atoms with Crippen molar-refractivity contribution in [2.45, 2.75) is 71.1 Å². The minimum atomic E-state index is 0.872. The molecule has 0 unspecified atom stereocenters. The Balaban J connectivity index is 0. The van der Waals surface area contributed by atoms with Crippen molar-refractivity contribution in [1.82, 2.24) is 4.90 Å². The molecule has 0 atom stereocenters. The molecule has 0 heterocycles. The zero-order chi connectivity index (χ0) is 13.4. The number of rotatable bonds is 10. The summed E-state index contributed by atoms with van der Waals surface area (Å²) in [6.07, 6.45) is 13.9. The van der Waals surface area contributed by atoms with Gasteiger partial charge in [-0.15, -0.1) is 0 Å². The molecule has 0 spiro atoms. The summed E-state index contributed by atoms with van der Waals surface area (Å²) >= 11 is 0. The Hall–Kier alpha value is -0.0800. The van der Waals surface area contributed by atoms with Crippen LogP contribution in [0.1, 0.15) is 71.1 Å². The molecule has 2 nitrogen and oxygen atoms in total. The number of unbranched alkanes of at least 4 members (excludes halogenated alkanes) is 9. The first-order valence-electron chi connectivity index (χ1n) is 7.46. The highest BCUT2D eigenvalue weighted by Gasteiger charge is 1.91. The first-order chi connectivity index (χ1) is 8.15. The summed E-state index contributed by atoms with van der Waals surface area (Å²) in [5.41, 5.74) is 5.42. The lowest BCUT2D eigenvalue weighted by Gasteiger charge is -2.00. The molecule has 0 aliphatic carbocycles. The van der Waals surface area contributed by atoms with Gasteiger partial charge in [0.25, 0.3) is 0 Å². The highest BCUT2D eigenvalue weighted by atomic mass is 15.0. The monoisotopic (exact) mass is 244 g/mol. The van der Waals surface area contributed by atoms with Gasteiger partial charge in [-0.2, -0.15) is 0 Å². The lowest BCUT2D eigenvalue weighted by Crippen LogP contribution is -1.99. The zero-order valence-electron chi connectivity index (χ0n) is 12.8. The van der Waals surface area contributed by atoms with Crippen molar-refractivity contribution in [3.8, 4) is 0 Å². The molecule has 2 heteroatoms. The highest BCUT2D eigenvalue weighted by Crippen LogP contribution is 2.09. The Kier molecular flexibility index (Phi) is 20.7. The van der Waals surface area contributed by atoms with E-state index in [2.05, 4.69) is 6.92 Å². The highest BCUT2D eigenvalue weighted by molar-refractivity contribution is 4.47. The van der Waals surface area contributed by atoms with E-state index in [0.29, 0.717) is 0 Å².